The molecule has 0 amide bonds. The van der Waals surface area contributed by atoms with Crippen LogP contribution in [0.5, 0.6) is 5.75 Å². The van der Waals surface area contributed by atoms with Crippen molar-refractivity contribution in [1.29, 1.82) is 0 Å². The normalized spacial score (nSPS) is 13.8. The zero-order chi connectivity index (χ0) is 14.8. The van der Waals surface area contributed by atoms with E-state index in [1.807, 2.05) is 19.1 Å². The van der Waals surface area contributed by atoms with E-state index in [0.29, 0.717) is 0 Å². The average molecular weight is 269 g/mol. The highest BCUT2D eigenvalue weighted by Gasteiger charge is 2.27. The minimum atomic E-state index is -0.566. The Morgan fingerprint density at radius 1 is 1.10 bits per heavy atom. The summed E-state index contributed by atoms with van der Waals surface area (Å²) in [5.41, 5.74) is 10.7. The van der Waals surface area contributed by atoms with Gasteiger partial charge in [-0.3, -0.25) is 0 Å². The van der Waals surface area contributed by atoms with Crippen LogP contribution in [-0.2, 0) is 12.0 Å². The highest BCUT2D eigenvalue weighted by molar-refractivity contribution is 5.47. The fourth-order valence-corrected chi connectivity index (χ4v) is 2.47. The molecule has 0 fully saturated rings. The van der Waals surface area contributed by atoms with Gasteiger partial charge in [-0.15, -0.1) is 0 Å². The van der Waals surface area contributed by atoms with E-state index >= 15 is 0 Å². The first kappa shape index (κ1) is 14.6. The van der Waals surface area contributed by atoms with E-state index in [4.69, 9.17) is 10.5 Å². The van der Waals surface area contributed by atoms with Gasteiger partial charge in [0.2, 0.25) is 0 Å². The summed E-state index contributed by atoms with van der Waals surface area (Å²) in [5, 5.41) is 0. The number of hydrogen-bond donors (Lipinski definition) is 1. The molecule has 0 bridgehead atoms. The second kappa shape index (κ2) is 5.68. The molecule has 20 heavy (non-hydrogen) atoms. The molecule has 0 aliphatic carbocycles. The predicted octanol–water partition coefficient (Wildman–Crippen LogP) is 3.79. The predicted molar refractivity (Wildman–Crippen MR) is 84.2 cm³/mol. The lowest BCUT2D eigenvalue weighted by molar-refractivity contribution is 0.398. The van der Waals surface area contributed by atoms with E-state index in [1.165, 1.54) is 11.1 Å². The van der Waals surface area contributed by atoms with Gasteiger partial charge in [0.1, 0.15) is 5.75 Å². The van der Waals surface area contributed by atoms with Crippen LogP contribution in [0.1, 0.15) is 36.1 Å². The van der Waals surface area contributed by atoms with Crippen LogP contribution in [0.3, 0.4) is 0 Å². The van der Waals surface area contributed by atoms with Crippen LogP contribution in [-0.4, -0.2) is 7.11 Å². The summed E-state index contributed by atoms with van der Waals surface area (Å²) in [6.45, 7) is 6.25. The van der Waals surface area contributed by atoms with E-state index in [2.05, 4.69) is 44.2 Å². The minimum absolute atomic E-state index is 0.566. The molecule has 0 spiro atoms. The lowest BCUT2D eigenvalue weighted by atomic mass is 9.84. The van der Waals surface area contributed by atoms with Crippen LogP contribution in [0.15, 0.2) is 42.5 Å². The van der Waals surface area contributed by atoms with Crippen molar-refractivity contribution in [1.82, 2.24) is 0 Å². The Bertz CT molecular complexity index is 585. The van der Waals surface area contributed by atoms with Gasteiger partial charge in [-0.2, -0.15) is 0 Å². The van der Waals surface area contributed by atoms with Gasteiger partial charge in [-0.05, 0) is 37.5 Å². The SMILES string of the molecule is CCc1ccc(C(C)(N)c2cc(C)ccc2OC)cc1. The molecule has 0 radical (unpaired) electrons. The van der Waals surface area contributed by atoms with Crippen LogP contribution in [0.4, 0.5) is 0 Å². The first-order chi connectivity index (χ1) is 9.48. The van der Waals surface area contributed by atoms with Gasteiger partial charge in [0.15, 0.2) is 0 Å². The number of aryl methyl sites for hydroxylation is 2. The quantitative estimate of drug-likeness (QED) is 0.916. The molecule has 2 aromatic carbocycles. The van der Waals surface area contributed by atoms with Gasteiger partial charge in [-0.1, -0.05) is 48.9 Å². The maximum Gasteiger partial charge on any atom is 0.124 e. The zero-order valence-electron chi connectivity index (χ0n) is 12.7. The van der Waals surface area contributed by atoms with Gasteiger partial charge in [-0.25, -0.2) is 0 Å². The first-order valence-electron chi connectivity index (χ1n) is 7.02. The summed E-state index contributed by atoms with van der Waals surface area (Å²) in [4.78, 5) is 0. The molecule has 0 aliphatic heterocycles. The van der Waals surface area contributed by atoms with Crippen molar-refractivity contribution in [3.63, 3.8) is 0 Å². The first-order valence-corrected chi connectivity index (χ1v) is 7.02. The highest BCUT2D eigenvalue weighted by atomic mass is 16.5. The van der Waals surface area contributed by atoms with E-state index in [-0.39, 0.29) is 0 Å². The van der Waals surface area contributed by atoms with Gasteiger partial charge in [0.25, 0.3) is 0 Å². The summed E-state index contributed by atoms with van der Waals surface area (Å²) in [5.74, 6) is 0.833. The minimum Gasteiger partial charge on any atom is -0.496 e. The van der Waals surface area contributed by atoms with Crippen LogP contribution in [0, 0.1) is 6.92 Å². The van der Waals surface area contributed by atoms with Gasteiger partial charge in [0, 0.05) is 5.56 Å². The summed E-state index contributed by atoms with van der Waals surface area (Å²) in [6, 6.07) is 14.6. The van der Waals surface area contributed by atoms with E-state index < -0.39 is 5.54 Å². The number of benzene rings is 2. The highest BCUT2D eigenvalue weighted by Crippen LogP contribution is 2.34. The van der Waals surface area contributed by atoms with E-state index in [0.717, 1.165) is 23.3 Å². The number of rotatable bonds is 4. The molecule has 106 valence electrons. The Labute approximate surface area is 121 Å². The van der Waals surface area contributed by atoms with Crippen LogP contribution in [0.25, 0.3) is 0 Å². The summed E-state index contributed by atoms with van der Waals surface area (Å²) in [6.07, 6.45) is 1.04. The van der Waals surface area contributed by atoms with Crippen molar-refractivity contribution in [2.24, 2.45) is 5.73 Å². The summed E-state index contributed by atoms with van der Waals surface area (Å²) >= 11 is 0. The Morgan fingerprint density at radius 2 is 1.75 bits per heavy atom. The Hall–Kier alpha value is -1.80. The maximum atomic E-state index is 6.62. The molecule has 0 heterocycles. The topological polar surface area (TPSA) is 35.2 Å². The molecule has 0 aliphatic rings. The Kier molecular flexibility index (Phi) is 4.15. The van der Waals surface area contributed by atoms with Crippen molar-refractivity contribution in [3.05, 3.63) is 64.7 Å². The molecule has 1 unspecified atom stereocenters. The number of ether oxygens (including phenoxy) is 1. The number of nitrogens with two attached hydrogens (primary N) is 1. The third-order valence-electron chi connectivity index (χ3n) is 3.88. The standard InChI is InChI=1S/C18H23NO/c1-5-14-7-9-15(10-8-14)18(3,19)16-12-13(2)6-11-17(16)20-4/h6-12H,5,19H2,1-4H3. The monoisotopic (exact) mass is 269 g/mol. The molecule has 1 atom stereocenters. The molecule has 0 saturated carbocycles. The van der Waals surface area contributed by atoms with E-state index in [1.54, 1.807) is 7.11 Å². The molecule has 2 N–H and O–H groups in total. The van der Waals surface area contributed by atoms with Crippen molar-refractivity contribution >= 4 is 0 Å². The van der Waals surface area contributed by atoms with Crippen molar-refractivity contribution in [2.45, 2.75) is 32.7 Å². The van der Waals surface area contributed by atoms with Crippen molar-refractivity contribution in [2.75, 3.05) is 7.11 Å². The molecular weight excluding hydrogens is 246 g/mol. The van der Waals surface area contributed by atoms with E-state index in [9.17, 15) is 0 Å². The van der Waals surface area contributed by atoms with Crippen molar-refractivity contribution < 1.29 is 4.74 Å². The number of methoxy groups -OCH3 is 1. The largest absolute Gasteiger partial charge is 0.496 e. The van der Waals surface area contributed by atoms with Crippen LogP contribution in [0.2, 0.25) is 0 Å². The lowest BCUT2D eigenvalue weighted by Gasteiger charge is -2.28. The fraction of sp³-hybridized carbons (Fsp3) is 0.333. The molecule has 2 heteroatoms. The maximum absolute atomic E-state index is 6.62. The fourth-order valence-electron chi connectivity index (χ4n) is 2.47. The molecule has 2 aromatic rings. The lowest BCUT2D eigenvalue weighted by Crippen LogP contribution is -2.34. The van der Waals surface area contributed by atoms with Crippen molar-refractivity contribution in [3.8, 4) is 5.75 Å². The average Bonchev–Trinajstić information content (AvgIpc) is 2.47. The Morgan fingerprint density at radius 3 is 2.30 bits per heavy atom. The van der Waals surface area contributed by atoms with Gasteiger partial charge < -0.3 is 10.5 Å². The Balaban J connectivity index is 2.50. The molecule has 2 rings (SSSR count). The second-order valence-electron chi connectivity index (χ2n) is 5.46. The smallest absolute Gasteiger partial charge is 0.124 e. The molecule has 0 saturated heterocycles. The molecule has 0 aromatic heterocycles. The zero-order valence-corrected chi connectivity index (χ0v) is 12.7. The van der Waals surface area contributed by atoms with Gasteiger partial charge >= 0.3 is 0 Å². The summed E-state index contributed by atoms with van der Waals surface area (Å²) in [7, 11) is 1.68. The van der Waals surface area contributed by atoms with Gasteiger partial charge in [0.05, 0.1) is 12.6 Å². The third kappa shape index (κ3) is 2.70. The number of hydrogen-bond acceptors (Lipinski definition) is 2. The second-order valence-corrected chi connectivity index (χ2v) is 5.46. The molecular formula is C18H23NO. The van der Waals surface area contributed by atoms with Crippen LogP contribution < -0.4 is 10.5 Å². The van der Waals surface area contributed by atoms with Crippen LogP contribution >= 0.6 is 0 Å². The third-order valence-corrected chi connectivity index (χ3v) is 3.88. The summed E-state index contributed by atoms with van der Waals surface area (Å²) < 4.78 is 5.47. The molecule has 2 nitrogen and oxygen atoms in total.